The zero-order valence-corrected chi connectivity index (χ0v) is 11.5. The minimum Gasteiger partial charge on any atom is -0.491 e. The van der Waals surface area contributed by atoms with E-state index in [-0.39, 0.29) is 5.91 Å². The van der Waals surface area contributed by atoms with Crippen LogP contribution in [0.15, 0.2) is 42.6 Å². The number of para-hydroxylation sites is 2. The van der Waals surface area contributed by atoms with Crippen LogP contribution in [0.5, 0.6) is 5.75 Å². The van der Waals surface area contributed by atoms with E-state index in [1.54, 1.807) is 17.0 Å². The smallest absolute Gasteiger partial charge is 0.277 e. The Labute approximate surface area is 122 Å². The van der Waals surface area contributed by atoms with E-state index in [1.807, 2.05) is 24.3 Å². The van der Waals surface area contributed by atoms with Crippen molar-refractivity contribution in [2.45, 2.75) is 6.42 Å². The van der Waals surface area contributed by atoms with E-state index in [1.165, 1.54) is 6.20 Å². The Morgan fingerprint density at radius 3 is 3.00 bits per heavy atom. The number of carbonyl (C=O) groups is 1. The lowest BCUT2D eigenvalue weighted by Crippen LogP contribution is -2.32. The lowest BCUT2D eigenvalue weighted by Gasteiger charge is -2.21. The third kappa shape index (κ3) is 2.47. The molecule has 0 atom stereocenters. The summed E-state index contributed by atoms with van der Waals surface area (Å²) in [7, 11) is 0. The monoisotopic (exact) mass is 288 g/mol. The predicted molar refractivity (Wildman–Crippen MR) is 77.5 cm³/mol. The third-order valence-corrected chi connectivity index (χ3v) is 3.36. The molecule has 1 aromatic heterocycles. The SMILES string of the molecule is O=C(c1cc(Cl)ccn1)N1CCCOc2ccccc21. The van der Waals surface area contributed by atoms with E-state index >= 15 is 0 Å². The van der Waals surface area contributed by atoms with E-state index in [0.29, 0.717) is 23.9 Å². The summed E-state index contributed by atoms with van der Waals surface area (Å²) in [6.45, 7) is 1.20. The molecule has 0 saturated heterocycles. The van der Waals surface area contributed by atoms with Crippen molar-refractivity contribution in [3.63, 3.8) is 0 Å². The van der Waals surface area contributed by atoms with Gasteiger partial charge in [-0.25, -0.2) is 0 Å². The van der Waals surface area contributed by atoms with E-state index in [0.717, 1.165) is 17.9 Å². The molecule has 3 rings (SSSR count). The van der Waals surface area contributed by atoms with Gasteiger partial charge < -0.3 is 9.64 Å². The molecule has 0 unspecified atom stereocenters. The molecule has 1 amide bonds. The molecule has 2 aromatic rings. The van der Waals surface area contributed by atoms with Gasteiger partial charge >= 0.3 is 0 Å². The number of anilines is 1. The molecule has 4 nitrogen and oxygen atoms in total. The number of fused-ring (bicyclic) bond motifs is 1. The van der Waals surface area contributed by atoms with Crippen molar-refractivity contribution >= 4 is 23.2 Å². The van der Waals surface area contributed by atoms with Gasteiger partial charge in [0.05, 0.1) is 12.3 Å². The molecular formula is C15H13ClN2O2. The van der Waals surface area contributed by atoms with Crippen molar-refractivity contribution in [2.75, 3.05) is 18.1 Å². The Morgan fingerprint density at radius 2 is 2.15 bits per heavy atom. The molecule has 0 N–H and O–H groups in total. The summed E-state index contributed by atoms with van der Waals surface area (Å²) in [6, 6.07) is 10.8. The van der Waals surface area contributed by atoms with Gasteiger partial charge in [-0.3, -0.25) is 9.78 Å². The highest BCUT2D eigenvalue weighted by Crippen LogP contribution is 2.31. The van der Waals surface area contributed by atoms with Gasteiger partial charge in [0.2, 0.25) is 0 Å². The second-order valence-electron chi connectivity index (χ2n) is 4.49. The Kier molecular flexibility index (Phi) is 3.56. The number of aromatic nitrogens is 1. The topological polar surface area (TPSA) is 42.4 Å². The molecule has 0 aliphatic carbocycles. The van der Waals surface area contributed by atoms with Crippen molar-refractivity contribution in [1.82, 2.24) is 4.98 Å². The van der Waals surface area contributed by atoms with Crippen LogP contribution in [0, 0.1) is 0 Å². The predicted octanol–water partition coefficient (Wildman–Crippen LogP) is 3.16. The van der Waals surface area contributed by atoms with Gasteiger partial charge in [0.25, 0.3) is 5.91 Å². The van der Waals surface area contributed by atoms with E-state index < -0.39 is 0 Å². The number of ether oxygens (including phenoxy) is 1. The second-order valence-corrected chi connectivity index (χ2v) is 4.92. The zero-order chi connectivity index (χ0) is 13.9. The van der Waals surface area contributed by atoms with Crippen LogP contribution in [0.2, 0.25) is 5.02 Å². The van der Waals surface area contributed by atoms with Gasteiger partial charge in [-0.15, -0.1) is 0 Å². The van der Waals surface area contributed by atoms with Crippen molar-refractivity contribution in [3.05, 3.63) is 53.3 Å². The van der Waals surface area contributed by atoms with Crippen LogP contribution in [-0.2, 0) is 0 Å². The average molecular weight is 289 g/mol. The fourth-order valence-electron chi connectivity index (χ4n) is 2.20. The van der Waals surface area contributed by atoms with Gasteiger partial charge in [0, 0.05) is 17.8 Å². The number of hydrogen-bond donors (Lipinski definition) is 0. The quantitative estimate of drug-likeness (QED) is 0.809. The number of hydrogen-bond acceptors (Lipinski definition) is 3. The van der Waals surface area contributed by atoms with Crippen LogP contribution in [0.1, 0.15) is 16.9 Å². The highest BCUT2D eigenvalue weighted by Gasteiger charge is 2.23. The summed E-state index contributed by atoms with van der Waals surface area (Å²) in [5.74, 6) is 0.561. The molecule has 0 bridgehead atoms. The molecule has 0 spiro atoms. The Morgan fingerprint density at radius 1 is 1.30 bits per heavy atom. The highest BCUT2D eigenvalue weighted by molar-refractivity contribution is 6.31. The third-order valence-electron chi connectivity index (χ3n) is 3.13. The summed E-state index contributed by atoms with van der Waals surface area (Å²) in [5.41, 5.74) is 1.12. The maximum absolute atomic E-state index is 12.6. The molecule has 0 fully saturated rings. The number of nitrogens with zero attached hydrogens (tertiary/aromatic N) is 2. The summed E-state index contributed by atoms with van der Waals surface area (Å²) in [5, 5.41) is 0.503. The van der Waals surface area contributed by atoms with Gasteiger partial charge in [-0.2, -0.15) is 0 Å². The standard InChI is InChI=1S/C15H13ClN2O2/c16-11-6-7-17-12(10-11)15(19)18-8-3-9-20-14-5-2-1-4-13(14)18/h1-2,4-7,10H,3,8-9H2. The minimum absolute atomic E-state index is 0.162. The van der Waals surface area contributed by atoms with Gasteiger partial charge in [0.1, 0.15) is 11.4 Å². The van der Waals surface area contributed by atoms with Crippen LogP contribution in [-0.4, -0.2) is 24.0 Å². The number of benzene rings is 1. The largest absolute Gasteiger partial charge is 0.491 e. The van der Waals surface area contributed by atoms with Crippen molar-refractivity contribution in [1.29, 1.82) is 0 Å². The summed E-state index contributed by atoms with van der Waals surface area (Å²) in [6.07, 6.45) is 2.32. The molecule has 102 valence electrons. The number of rotatable bonds is 1. The van der Waals surface area contributed by atoms with Crippen LogP contribution in [0.4, 0.5) is 5.69 Å². The lowest BCUT2D eigenvalue weighted by atomic mass is 10.2. The molecule has 2 heterocycles. The van der Waals surface area contributed by atoms with E-state index in [2.05, 4.69) is 4.98 Å². The molecule has 1 aromatic carbocycles. The fourth-order valence-corrected chi connectivity index (χ4v) is 2.36. The van der Waals surface area contributed by atoms with Gasteiger partial charge in [-0.05, 0) is 30.7 Å². The minimum atomic E-state index is -0.162. The Bertz CT molecular complexity index is 645. The number of halogens is 1. The van der Waals surface area contributed by atoms with Crippen molar-refractivity contribution < 1.29 is 9.53 Å². The van der Waals surface area contributed by atoms with Crippen LogP contribution < -0.4 is 9.64 Å². The molecule has 1 aliphatic rings. The molecule has 20 heavy (non-hydrogen) atoms. The number of amides is 1. The van der Waals surface area contributed by atoms with Gasteiger partial charge in [-0.1, -0.05) is 23.7 Å². The Balaban J connectivity index is 1.99. The summed E-state index contributed by atoms with van der Waals surface area (Å²) in [4.78, 5) is 18.4. The van der Waals surface area contributed by atoms with Crippen LogP contribution in [0.25, 0.3) is 0 Å². The average Bonchev–Trinajstić information content (AvgIpc) is 2.69. The first-order chi connectivity index (χ1) is 9.75. The first kappa shape index (κ1) is 12.9. The maximum atomic E-state index is 12.6. The fraction of sp³-hybridized carbons (Fsp3) is 0.200. The van der Waals surface area contributed by atoms with Crippen LogP contribution in [0.3, 0.4) is 0 Å². The van der Waals surface area contributed by atoms with Gasteiger partial charge in [0.15, 0.2) is 0 Å². The Hall–Kier alpha value is -2.07. The maximum Gasteiger partial charge on any atom is 0.277 e. The first-order valence-corrected chi connectivity index (χ1v) is 6.79. The van der Waals surface area contributed by atoms with E-state index in [4.69, 9.17) is 16.3 Å². The van der Waals surface area contributed by atoms with E-state index in [9.17, 15) is 4.79 Å². The summed E-state index contributed by atoms with van der Waals surface area (Å²) < 4.78 is 5.65. The second kappa shape index (κ2) is 5.51. The molecule has 0 saturated carbocycles. The first-order valence-electron chi connectivity index (χ1n) is 6.41. The zero-order valence-electron chi connectivity index (χ0n) is 10.8. The molecule has 5 heteroatoms. The molecule has 1 aliphatic heterocycles. The van der Waals surface area contributed by atoms with Crippen molar-refractivity contribution in [2.24, 2.45) is 0 Å². The van der Waals surface area contributed by atoms with Crippen LogP contribution >= 0.6 is 11.6 Å². The molecule has 0 radical (unpaired) electrons. The summed E-state index contributed by atoms with van der Waals surface area (Å²) >= 11 is 5.92. The lowest BCUT2D eigenvalue weighted by molar-refractivity contribution is 0.0982. The molecular weight excluding hydrogens is 276 g/mol. The normalized spacial score (nSPS) is 14.2. The number of carbonyl (C=O) groups excluding carboxylic acids is 1. The number of pyridine rings is 1. The van der Waals surface area contributed by atoms with Crippen molar-refractivity contribution in [3.8, 4) is 5.75 Å². The highest BCUT2D eigenvalue weighted by atomic mass is 35.5.